The van der Waals surface area contributed by atoms with Crippen molar-refractivity contribution in [2.75, 3.05) is 22.5 Å². The molecule has 33 heavy (non-hydrogen) atoms. The van der Waals surface area contributed by atoms with Crippen molar-refractivity contribution in [3.8, 4) is 0 Å². The largest absolute Gasteiger partial charge is 0.452 e. The van der Waals surface area contributed by atoms with Gasteiger partial charge >= 0.3 is 12.1 Å². The molecule has 2 heterocycles. The van der Waals surface area contributed by atoms with E-state index >= 15 is 0 Å². The molecule has 12 heteroatoms. The van der Waals surface area contributed by atoms with Crippen molar-refractivity contribution in [3.63, 3.8) is 0 Å². The molecule has 3 aromatic rings. The van der Waals surface area contributed by atoms with Crippen LogP contribution in [0.1, 0.15) is 12.5 Å². The number of esters is 1. The maximum absolute atomic E-state index is 13.0. The second-order valence-corrected chi connectivity index (χ2v) is 8.00. The van der Waals surface area contributed by atoms with Crippen LogP contribution in [0.25, 0.3) is 11.1 Å². The van der Waals surface area contributed by atoms with Crippen LogP contribution in [0.4, 0.5) is 24.5 Å². The van der Waals surface area contributed by atoms with Crippen LogP contribution in [0.5, 0.6) is 0 Å². The number of alkyl halides is 3. The number of ether oxygens (including phenoxy) is 1. The predicted molar refractivity (Wildman–Crippen MR) is 113 cm³/mol. The van der Waals surface area contributed by atoms with E-state index in [0.29, 0.717) is 11.1 Å². The number of halogens is 3. The molecule has 1 aliphatic heterocycles. The van der Waals surface area contributed by atoms with Crippen LogP contribution in [-0.4, -0.2) is 41.2 Å². The van der Waals surface area contributed by atoms with Gasteiger partial charge in [0, 0.05) is 0 Å². The van der Waals surface area contributed by atoms with Crippen LogP contribution in [0.2, 0.25) is 0 Å². The Labute approximate surface area is 189 Å². The minimum absolute atomic E-state index is 0.0800. The number of carbonyl (C=O) groups is 3. The number of aromatic nitrogens is 1. The molecule has 0 aliphatic carbocycles. The van der Waals surface area contributed by atoms with Crippen molar-refractivity contribution < 1.29 is 36.7 Å². The van der Waals surface area contributed by atoms with Crippen molar-refractivity contribution in [1.29, 1.82) is 0 Å². The second-order valence-electron chi connectivity index (χ2n) is 7.07. The minimum atomic E-state index is -4.61. The molecule has 1 atom stereocenters. The lowest BCUT2D eigenvalue weighted by Gasteiger charge is -2.31. The van der Waals surface area contributed by atoms with Gasteiger partial charge in [-0.3, -0.25) is 19.3 Å². The number of hydrogen-bond acceptors (Lipinski definition) is 7. The quantitative estimate of drug-likeness (QED) is 0.438. The molecule has 172 valence electrons. The zero-order valence-electron chi connectivity index (χ0n) is 17.0. The standard InChI is InChI=1S/C21H16F3N3O5S/c1-11(31-18(29)10-33-20-26-13-4-2-3-5-16(13)32-20)19(30)27-9-17(28)25-14-8-12(21(22,23)24)6-7-15(14)27/h2-8,11H,9-10H2,1H3,(H,25,28). The number of amides is 2. The topological polar surface area (TPSA) is 102 Å². The molecule has 2 amide bonds. The molecule has 0 spiro atoms. The van der Waals surface area contributed by atoms with E-state index in [2.05, 4.69) is 10.3 Å². The number of nitrogens with one attached hydrogen (secondary N) is 1. The first-order chi connectivity index (χ1) is 15.6. The third-order valence-electron chi connectivity index (χ3n) is 4.70. The minimum Gasteiger partial charge on any atom is -0.452 e. The summed E-state index contributed by atoms with van der Waals surface area (Å²) in [5.41, 5.74) is 0.155. The van der Waals surface area contributed by atoms with Crippen molar-refractivity contribution in [3.05, 3.63) is 48.0 Å². The van der Waals surface area contributed by atoms with Gasteiger partial charge in [-0.25, -0.2) is 4.98 Å². The molecule has 4 rings (SSSR count). The predicted octanol–water partition coefficient (Wildman–Crippen LogP) is 3.86. The first kappa shape index (κ1) is 22.6. The van der Waals surface area contributed by atoms with Crippen molar-refractivity contribution >= 4 is 52.0 Å². The van der Waals surface area contributed by atoms with Crippen molar-refractivity contribution in [2.45, 2.75) is 24.4 Å². The van der Waals surface area contributed by atoms with Crippen molar-refractivity contribution in [1.82, 2.24) is 4.98 Å². The summed E-state index contributed by atoms with van der Waals surface area (Å²) in [5.74, 6) is -2.32. The Bertz CT molecular complexity index is 1210. The lowest BCUT2D eigenvalue weighted by atomic mass is 10.1. The van der Waals surface area contributed by atoms with Gasteiger partial charge in [0.2, 0.25) is 5.91 Å². The Balaban J connectivity index is 1.41. The van der Waals surface area contributed by atoms with E-state index in [4.69, 9.17) is 9.15 Å². The highest BCUT2D eigenvalue weighted by molar-refractivity contribution is 7.99. The molecule has 1 aromatic heterocycles. The first-order valence-corrected chi connectivity index (χ1v) is 10.6. The molecule has 8 nitrogen and oxygen atoms in total. The van der Waals surface area contributed by atoms with Gasteiger partial charge in [-0.2, -0.15) is 13.2 Å². The SMILES string of the molecule is CC(OC(=O)CSc1nc2ccccc2o1)C(=O)N1CC(=O)Nc2cc(C(F)(F)F)ccc21. The number of oxazole rings is 1. The number of anilines is 2. The summed E-state index contributed by atoms with van der Waals surface area (Å²) in [6, 6.07) is 9.72. The van der Waals surface area contributed by atoms with E-state index in [-0.39, 0.29) is 22.4 Å². The van der Waals surface area contributed by atoms with Gasteiger partial charge in [0.05, 0.1) is 16.9 Å². The maximum Gasteiger partial charge on any atom is 0.416 e. The highest BCUT2D eigenvalue weighted by Crippen LogP contribution is 2.37. The van der Waals surface area contributed by atoms with E-state index in [1.54, 1.807) is 24.3 Å². The summed E-state index contributed by atoms with van der Waals surface area (Å²) in [6.07, 6.45) is -5.89. The zero-order valence-corrected chi connectivity index (χ0v) is 17.8. The van der Waals surface area contributed by atoms with E-state index in [1.807, 2.05) is 0 Å². The fourth-order valence-electron chi connectivity index (χ4n) is 3.20. The van der Waals surface area contributed by atoms with Gasteiger partial charge in [0.1, 0.15) is 17.8 Å². The summed E-state index contributed by atoms with van der Waals surface area (Å²) < 4.78 is 49.6. The number of para-hydroxylation sites is 2. The van der Waals surface area contributed by atoms with Gasteiger partial charge in [-0.05, 0) is 37.3 Å². The number of carbonyl (C=O) groups excluding carboxylic acids is 3. The number of benzene rings is 2. The average molecular weight is 479 g/mol. The van der Waals surface area contributed by atoms with Crippen LogP contribution < -0.4 is 10.2 Å². The summed E-state index contributed by atoms with van der Waals surface area (Å²) in [6.45, 7) is 0.900. The second kappa shape index (κ2) is 8.77. The Morgan fingerprint density at radius 1 is 1.27 bits per heavy atom. The zero-order chi connectivity index (χ0) is 23.8. The highest BCUT2D eigenvalue weighted by atomic mass is 32.2. The van der Waals surface area contributed by atoms with Crippen LogP contribution in [-0.2, 0) is 25.3 Å². The Morgan fingerprint density at radius 2 is 2.03 bits per heavy atom. The Kier molecular flexibility index (Phi) is 6.02. The molecule has 0 saturated heterocycles. The van der Waals surface area contributed by atoms with Gasteiger partial charge in [0.15, 0.2) is 11.7 Å². The van der Waals surface area contributed by atoms with Crippen molar-refractivity contribution in [2.24, 2.45) is 0 Å². The van der Waals surface area contributed by atoms with Gasteiger partial charge in [-0.15, -0.1) is 0 Å². The molecule has 1 N–H and O–H groups in total. The number of nitrogens with zero attached hydrogens (tertiary/aromatic N) is 2. The highest BCUT2D eigenvalue weighted by Gasteiger charge is 2.35. The fraction of sp³-hybridized carbons (Fsp3) is 0.238. The van der Waals surface area contributed by atoms with Gasteiger partial charge in [-0.1, -0.05) is 23.9 Å². The summed E-state index contributed by atoms with van der Waals surface area (Å²) in [5, 5.41) is 2.58. The number of rotatable bonds is 5. The molecule has 1 aliphatic rings. The van der Waals surface area contributed by atoms with E-state index in [0.717, 1.165) is 34.9 Å². The lowest BCUT2D eigenvalue weighted by molar-refractivity contribution is -0.151. The third kappa shape index (κ3) is 4.95. The maximum atomic E-state index is 13.0. The van der Waals surface area contributed by atoms with Gasteiger partial charge in [0.25, 0.3) is 11.1 Å². The lowest BCUT2D eigenvalue weighted by Crippen LogP contribution is -2.47. The number of fused-ring (bicyclic) bond motifs is 2. The molecular formula is C21H16F3N3O5S. The molecular weight excluding hydrogens is 463 g/mol. The summed E-state index contributed by atoms with van der Waals surface area (Å²) in [4.78, 5) is 42.2. The fourth-order valence-corrected chi connectivity index (χ4v) is 3.82. The molecule has 0 bridgehead atoms. The van der Waals surface area contributed by atoms with Gasteiger partial charge < -0.3 is 14.5 Å². The Hall–Kier alpha value is -3.54. The number of hydrogen-bond donors (Lipinski definition) is 1. The third-order valence-corrected chi connectivity index (χ3v) is 5.50. The normalized spacial score (nSPS) is 14.5. The van der Waals surface area contributed by atoms with E-state index in [9.17, 15) is 27.6 Å². The molecule has 2 aromatic carbocycles. The molecule has 0 radical (unpaired) electrons. The number of thioether (sulfide) groups is 1. The van der Waals surface area contributed by atoms with Crippen LogP contribution >= 0.6 is 11.8 Å². The average Bonchev–Trinajstić information content (AvgIpc) is 3.18. The molecule has 0 saturated carbocycles. The summed E-state index contributed by atoms with van der Waals surface area (Å²) in [7, 11) is 0. The monoisotopic (exact) mass is 479 g/mol. The first-order valence-electron chi connectivity index (χ1n) is 9.62. The Morgan fingerprint density at radius 3 is 2.76 bits per heavy atom. The smallest absolute Gasteiger partial charge is 0.416 e. The molecule has 0 fully saturated rings. The summed E-state index contributed by atoms with van der Waals surface area (Å²) >= 11 is 0.989. The van der Waals surface area contributed by atoms with Crippen LogP contribution in [0.15, 0.2) is 52.1 Å². The van der Waals surface area contributed by atoms with Crippen LogP contribution in [0.3, 0.4) is 0 Å². The molecule has 1 unspecified atom stereocenters. The van der Waals surface area contributed by atoms with Crippen LogP contribution in [0, 0.1) is 0 Å². The van der Waals surface area contributed by atoms with E-state index < -0.39 is 42.2 Å². The van der Waals surface area contributed by atoms with E-state index in [1.165, 1.54) is 6.92 Å².